The van der Waals surface area contributed by atoms with Gasteiger partial charge in [0.1, 0.15) is 0 Å². The number of H-pyrrole nitrogens is 1. The second-order valence-electron chi connectivity index (χ2n) is 3.23. The minimum absolute atomic E-state index is 0.623. The predicted octanol–water partition coefficient (Wildman–Crippen LogP) is 1.35. The van der Waals surface area contributed by atoms with E-state index in [0.717, 1.165) is 31.6 Å². The number of hydrogen-bond acceptors (Lipinski definition) is 3. The van der Waals surface area contributed by atoms with E-state index in [-0.39, 0.29) is 0 Å². The van der Waals surface area contributed by atoms with E-state index in [0.29, 0.717) is 4.77 Å². The van der Waals surface area contributed by atoms with E-state index < -0.39 is 0 Å². The lowest BCUT2D eigenvalue weighted by Gasteiger charge is -2.18. The Kier molecular flexibility index (Phi) is 2.42. The van der Waals surface area contributed by atoms with E-state index >= 15 is 0 Å². The number of aromatic amines is 1. The minimum Gasteiger partial charge on any atom is -0.334 e. The van der Waals surface area contributed by atoms with Crippen LogP contribution in [-0.2, 0) is 19.4 Å². The molecule has 0 saturated heterocycles. The Morgan fingerprint density at radius 3 is 3.15 bits per heavy atom. The lowest BCUT2D eigenvalue weighted by molar-refractivity contribution is 0.615. The van der Waals surface area contributed by atoms with Crippen molar-refractivity contribution >= 4 is 12.2 Å². The maximum absolute atomic E-state index is 5.06. The third-order valence-corrected chi connectivity index (χ3v) is 2.59. The summed E-state index contributed by atoms with van der Waals surface area (Å²) < 4.78 is 0.623. The van der Waals surface area contributed by atoms with Crippen molar-refractivity contribution in [2.24, 2.45) is 0 Å². The normalized spacial score (nSPS) is 15.5. The number of fused-ring (bicyclic) bond motifs is 1. The lowest BCUT2D eigenvalue weighted by atomic mass is 10.0. The first-order valence-corrected chi connectivity index (χ1v) is 5.03. The standard InChI is InChI=1S/C9H13N3S/c1-2-7-6-5-10-4-3-8(6)12-9(13)11-7/h10H,2-5H2,1H3,(H,11,12,13). The van der Waals surface area contributed by atoms with E-state index in [2.05, 4.69) is 22.2 Å². The molecule has 0 saturated carbocycles. The number of nitrogens with one attached hydrogen (secondary N) is 2. The van der Waals surface area contributed by atoms with E-state index in [1.54, 1.807) is 0 Å². The van der Waals surface area contributed by atoms with Gasteiger partial charge in [-0.1, -0.05) is 6.92 Å². The average Bonchev–Trinajstić information content (AvgIpc) is 2.16. The van der Waals surface area contributed by atoms with Crippen LogP contribution < -0.4 is 5.32 Å². The van der Waals surface area contributed by atoms with Crippen LogP contribution in [0.4, 0.5) is 0 Å². The molecule has 0 fully saturated rings. The van der Waals surface area contributed by atoms with Gasteiger partial charge in [-0.3, -0.25) is 0 Å². The fourth-order valence-electron chi connectivity index (χ4n) is 1.74. The molecule has 0 aromatic carbocycles. The number of aryl methyl sites for hydroxylation is 1. The van der Waals surface area contributed by atoms with Gasteiger partial charge in [0.05, 0.1) is 0 Å². The lowest BCUT2D eigenvalue weighted by Crippen LogP contribution is -2.26. The Bertz CT molecular complexity index is 349. The summed E-state index contributed by atoms with van der Waals surface area (Å²) in [5.74, 6) is 0. The van der Waals surface area contributed by atoms with Crippen LogP contribution in [-0.4, -0.2) is 16.5 Å². The molecule has 0 atom stereocenters. The van der Waals surface area contributed by atoms with Gasteiger partial charge in [0.2, 0.25) is 0 Å². The van der Waals surface area contributed by atoms with Crippen molar-refractivity contribution in [3.8, 4) is 0 Å². The van der Waals surface area contributed by atoms with E-state index in [1.807, 2.05) is 0 Å². The van der Waals surface area contributed by atoms with Crippen LogP contribution in [0.25, 0.3) is 0 Å². The van der Waals surface area contributed by atoms with Gasteiger partial charge in [-0.05, 0) is 18.6 Å². The first kappa shape index (κ1) is 8.84. The Balaban J connectivity index is 2.57. The zero-order valence-electron chi connectivity index (χ0n) is 7.68. The summed E-state index contributed by atoms with van der Waals surface area (Å²) in [7, 11) is 0. The molecule has 0 bridgehead atoms. The van der Waals surface area contributed by atoms with E-state index in [1.165, 1.54) is 11.3 Å². The Morgan fingerprint density at radius 1 is 1.54 bits per heavy atom. The maximum atomic E-state index is 5.06. The number of aromatic nitrogens is 2. The topological polar surface area (TPSA) is 40.7 Å². The van der Waals surface area contributed by atoms with Crippen molar-refractivity contribution in [1.29, 1.82) is 0 Å². The maximum Gasteiger partial charge on any atom is 0.197 e. The third kappa shape index (κ3) is 1.64. The molecule has 70 valence electrons. The fourth-order valence-corrected chi connectivity index (χ4v) is 1.97. The quantitative estimate of drug-likeness (QED) is 0.665. The molecule has 2 N–H and O–H groups in total. The van der Waals surface area contributed by atoms with Crippen LogP contribution in [0.2, 0.25) is 0 Å². The molecule has 0 spiro atoms. The Hall–Kier alpha value is -0.740. The Morgan fingerprint density at radius 2 is 2.38 bits per heavy atom. The molecule has 0 aliphatic carbocycles. The summed E-state index contributed by atoms with van der Waals surface area (Å²) in [6, 6.07) is 0. The molecule has 0 amide bonds. The van der Waals surface area contributed by atoms with Crippen LogP contribution in [0.3, 0.4) is 0 Å². The Labute approximate surface area is 82.6 Å². The highest BCUT2D eigenvalue weighted by molar-refractivity contribution is 7.71. The summed E-state index contributed by atoms with van der Waals surface area (Å²) in [5.41, 5.74) is 3.74. The van der Waals surface area contributed by atoms with Crippen molar-refractivity contribution in [1.82, 2.24) is 15.3 Å². The molecule has 2 heterocycles. The van der Waals surface area contributed by atoms with Crippen LogP contribution in [0.1, 0.15) is 23.9 Å². The minimum atomic E-state index is 0.623. The molecule has 0 unspecified atom stereocenters. The summed E-state index contributed by atoms with van der Waals surface area (Å²) in [4.78, 5) is 7.49. The van der Waals surface area contributed by atoms with Gasteiger partial charge in [0.25, 0.3) is 0 Å². The molecular weight excluding hydrogens is 182 g/mol. The fraction of sp³-hybridized carbons (Fsp3) is 0.556. The molecule has 3 nitrogen and oxygen atoms in total. The molecule has 1 aromatic rings. The van der Waals surface area contributed by atoms with E-state index in [4.69, 9.17) is 12.2 Å². The summed E-state index contributed by atoms with van der Waals surface area (Å²) in [6.45, 7) is 4.08. The zero-order valence-corrected chi connectivity index (χ0v) is 8.50. The summed E-state index contributed by atoms with van der Waals surface area (Å²) in [5, 5.41) is 3.34. The molecule has 1 aromatic heterocycles. The first-order chi connectivity index (χ1) is 6.31. The molecule has 2 rings (SSSR count). The smallest absolute Gasteiger partial charge is 0.197 e. The second kappa shape index (κ2) is 3.55. The first-order valence-electron chi connectivity index (χ1n) is 4.63. The molecule has 1 aliphatic rings. The van der Waals surface area contributed by atoms with Gasteiger partial charge in [-0.15, -0.1) is 0 Å². The van der Waals surface area contributed by atoms with Gasteiger partial charge >= 0.3 is 0 Å². The highest BCUT2D eigenvalue weighted by atomic mass is 32.1. The average molecular weight is 195 g/mol. The monoisotopic (exact) mass is 195 g/mol. The highest BCUT2D eigenvalue weighted by Gasteiger charge is 2.13. The van der Waals surface area contributed by atoms with Gasteiger partial charge in [-0.25, -0.2) is 4.98 Å². The van der Waals surface area contributed by atoms with Crippen molar-refractivity contribution in [2.75, 3.05) is 6.54 Å². The van der Waals surface area contributed by atoms with Crippen LogP contribution >= 0.6 is 12.2 Å². The van der Waals surface area contributed by atoms with Crippen molar-refractivity contribution in [3.63, 3.8) is 0 Å². The third-order valence-electron chi connectivity index (χ3n) is 2.40. The number of nitrogens with zero attached hydrogens (tertiary/aromatic N) is 1. The predicted molar refractivity (Wildman–Crippen MR) is 54.2 cm³/mol. The summed E-state index contributed by atoms with van der Waals surface area (Å²) >= 11 is 5.06. The summed E-state index contributed by atoms with van der Waals surface area (Å²) in [6.07, 6.45) is 2.00. The van der Waals surface area contributed by atoms with Crippen molar-refractivity contribution in [2.45, 2.75) is 26.3 Å². The molecule has 0 radical (unpaired) electrons. The van der Waals surface area contributed by atoms with Gasteiger partial charge in [-0.2, -0.15) is 0 Å². The number of rotatable bonds is 1. The van der Waals surface area contributed by atoms with Crippen LogP contribution in [0, 0.1) is 4.77 Å². The molecule has 1 aliphatic heterocycles. The van der Waals surface area contributed by atoms with Gasteiger partial charge in [0, 0.05) is 36.5 Å². The second-order valence-corrected chi connectivity index (χ2v) is 3.61. The number of hydrogen-bond donors (Lipinski definition) is 2. The SMILES string of the molecule is CCc1nc(=S)[nH]c2c1CNCC2. The van der Waals surface area contributed by atoms with Gasteiger partial charge in [0.15, 0.2) is 4.77 Å². The van der Waals surface area contributed by atoms with Gasteiger partial charge < -0.3 is 10.3 Å². The molecule has 4 heteroatoms. The van der Waals surface area contributed by atoms with Crippen molar-refractivity contribution in [3.05, 3.63) is 21.7 Å². The largest absolute Gasteiger partial charge is 0.334 e. The van der Waals surface area contributed by atoms with E-state index in [9.17, 15) is 0 Å². The molecule has 13 heavy (non-hydrogen) atoms. The zero-order chi connectivity index (χ0) is 9.26. The van der Waals surface area contributed by atoms with Crippen LogP contribution in [0.5, 0.6) is 0 Å². The highest BCUT2D eigenvalue weighted by Crippen LogP contribution is 2.14. The van der Waals surface area contributed by atoms with Crippen LogP contribution in [0.15, 0.2) is 0 Å². The molecular formula is C9H13N3S. The van der Waals surface area contributed by atoms with Crippen molar-refractivity contribution < 1.29 is 0 Å².